The van der Waals surface area contributed by atoms with Gasteiger partial charge in [-0.25, -0.2) is 8.42 Å². The Balaban J connectivity index is 1.74. The summed E-state index contributed by atoms with van der Waals surface area (Å²) < 4.78 is 33.4. The number of hydrogen-bond acceptors (Lipinski definition) is 4. The molecule has 130 valence electrons. The first kappa shape index (κ1) is 16.1. The van der Waals surface area contributed by atoms with Crippen LogP contribution in [0.15, 0.2) is 17.0 Å². The van der Waals surface area contributed by atoms with E-state index in [0.29, 0.717) is 37.4 Å². The third-order valence-electron chi connectivity index (χ3n) is 5.05. The Bertz CT molecular complexity index is 795. The third kappa shape index (κ3) is 2.46. The minimum atomic E-state index is -3.54. The maximum Gasteiger partial charge on any atom is 0.243 e. The SMILES string of the molecule is C[C@@H]1CN(S(=O)(=O)c2cc3c4c(c2)CCN4C(=O)CC3)C[C@H](C)O1. The smallest absolute Gasteiger partial charge is 0.243 e. The Morgan fingerprint density at radius 1 is 1.04 bits per heavy atom. The Morgan fingerprint density at radius 3 is 2.33 bits per heavy atom. The molecule has 3 aliphatic heterocycles. The number of rotatable bonds is 2. The molecule has 0 N–H and O–H groups in total. The van der Waals surface area contributed by atoms with E-state index in [9.17, 15) is 13.2 Å². The van der Waals surface area contributed by atoms with Gasteiger partial charge in [-0.15, -0.1) is 0 Å². The number of carbonyl (C=O) groups is 1. The van der Waals surface area contributed by atoms with Crippen LogP contribution >= 0.6 is 0 Å². The highest BCUT2D eigenvalue weighted by atomic mass is 32.2. The number of benzene rings is 1. The number of sulfonamides is 1. The number of hydrogen-bond donors (Lipinski definition) is 0. The minimum absolute atomic E-state index is 0.107. The van der Waals surface area contributed by atoms with Gasteiger partial charge in [0.1, 0.15) is 0 Å². The van der Waals surface area contributed by atoms with Crippen molar-refractivity contribution in [1.82, 2.24) is 4.31 Å². The second-order valence-electron chi connectivity index (χ2n) is 6.96. The summed E-state index contributed by atoms with van der Waals surface area (Å²) in [5.41, 5.74) is 2.92. The van der Waals surface area contributed by atoms with Gasteiger partial charge >= 0.3 is 0 Å². The van der Waals surface area contributed by atoms with Crippen molar-refractivity contribution in [3.05, 3.63) is 23.3 Å². The first-order valence-electron chi connectivity index (χ1n) is 8.48. The Labute approximate surface area is 142 Å². The summed E-state index contributed by atoms with van der Waals surface area (Å²) in [6, 6.07) is 3.53. The fourth-order valence-corrected chi connectivity index (χ4v) is 5.74. The summed E-state index contributed by atoms with van der Waals surface area (Å²) in [6.45, 7) is 5.21. The second kappa shape index (κ2) is 5.54. The molecule has 1 aromatic rings. The van der Waals surface area contributed by atoms with Crippen LogP contribution in [0.5, 0.6) is 0 Å². The predicted molar refractivity (Wildman–Crippen MR) is 89.6 cm³/mol. The van der Waals surface area contributed by atoms with Crippen LogP contribution in [-0.4, -0.2) is 50.5 Å². The van der Waals surface area contributed by atoms with Crippen LogP contribution in [0.4, 0.5) is 5.69 Å². The average molecular weight is 350 g/mol. The quantitative estimate of drug-likeness (QED) is 0.807. The fourth-order valence-electron chi connectivity index (χ4n) is 4.05. The number of morpholine rings is 1. The second-order valence-corrected chi connectivity index (χ2v) is 8.90. The Morgan fingerprint density at radius 2 is 1.67 bits per heavy atom. The molecule has 0 bridgehead atoms. The van der Waals surface area contributed by atoms with Gasteiger partial charge in [0, 0.05) is 26.1 Å². The van der Waals surface area contributed by atoms with Crippen LogP contribution < -0.4 is 4.90 Å². The van der Waals surface area contributed by atoms with Gasteiger partial charge in [0.2, 0.25) is 15.9 Å². The lowest BCUT2D eigenvalue weighted by Crippen LogP contribution is -2.48. The van der Waals surface area contributed by atoms with E-state index in [1.54, 1.807) is 12.1 Å². The summed E-state index contributed by atoms with van der Waals surface area (Å²) >= 11 is 0. The predicted octanol–water partition coefficient (Wildman–Crippen LogP) is 1.32. The van der Waals surface area contributed by atoms with Crippen LogP contribution in [0.2, 0.25) is 0 Å². The van der Waals surface area contributed by atoms with Crippen molar-refractivity contribution in [3.8, 4) is 0 Å². The summed E-state index contributed by atoms with van der Waals surface area (Å²) in [5, 5.41) is 0. The maximum atomic E-state index is 13.1. The van der Waals surface area contributed by atoms with Gasteiger partial charge in [-0.3, -0.25) is 4.79 Å². The van der Waals surface area contributed by atoms with Gasteiger partial charge in [0.05, 0.1) is 22.8 Å². The lowest BCUT2D eigenvalue weighted by Gasteiger charge is -2.34. The van der Waals surface area contributed by atoms with E-state index in [4.69, 9.17) is 4.74 Å². The molecule has 1 aromatic carbocycles. The Hall–Kier alpha value is -1.44. The largest absolute Gasteiger partial charge is 0.373 e. The van der Waals surface area contributed by atoms with Crippen LogP contribution in [0.1, 0.15) is 31.4 Å². The van der Waals surface area contributed by atoms with Crippen LogP contribution in [0.3, 0.4) is 0 Å². The van der Waals surface area contributed by atoms with Crippen LogP contribution in [0.25, 0.3) is 0 Å². The molecule has 0 aromatic heterocycles. The lowest BCUT2D eigenvalue weighted by molar-refractivity contribution is -0.118. The molecule has 1 amide bonds. The molecule has 7 heteroatoms. The molecule has 3 heterocycles. The van der Waals surface area contributed by atoms with Crippen LogP contribution in [-0.2, 0) is 32.4 Å². The van der Waals surface area contributed by atoms with Crippen molar-refractivity contribution in [2.24, 2.45) is 0 Å². The van der Waals surface area contributed by atoms with Crippen molar-refractivity contribution in [3.63, 3.8) is 0 Å². The zero-order chi connectivity index (χ0) is 17.1. The van der Waals surface area contributed by atoms with E-state index >= 15 is 0 Å². The number of ether oxygens (including phenoxy) is 1. The van der Waals surface area contributed by atoms with E-state index in [0.717, 1.165) is 23.2 Å². The van der Waals surface area contributed by atoms with Crippen molar-refractivity contribution >= 4 is 21.6 Å². The van der Waals surface area contributed by atoms with Gasteiger partial charge in [0.15, 0.2) is 0 Å². The summed E-state index contributed by atoms with van der Waals surface area (Å²) in [7, 11) is -3.54. The molecule has 0 radical (unpaired) electrons. The summed E-state index contributed by atoms with van der Waals surface area (Å²) in [5.74, 6) is 0.146. The summed E-state index contributed by atoms with van der Waals surface area (Å²) in [4.78, 5) is 14.2. The number of anilines is 1. The number of nitrogens with zero attached hydrogens (tertiary/aromatic N) is 2. The molecule has 4 rings (SSSR count). The highest BCUT2D eigenvalue weighted by Gasteiger charge is 2.36. The number of carbonyl (C=O) groups excluding carboxylic acids is 1. The first-order valence-corrected chi connectivity index (χ1v) is 9.92. The highest BCUT2D eigenvalue weighted by Crippen LogP contribution is 2.39. The maximum absolute atomic E-state index is 13.1. The van der Waals surface area contributed by atoms with Gasteiger partial charge < -0.3 is 9.64 Å². The molecule has 0 aliphatic carbocycles. The number of aryl methyl sites for hydroxylation is 1. The van der Waals surface area contributed by atoms with Gasteiger partial charge in [-0.05, 0) is 49.9 Å². The lowest BCUT2D eigenvalue weighted by atomic mass is 10.00. The van der Waals surface area contributed by atoms with E-state index in [1.165, 1.54) is 4.31 Å². The van der Waals surface area contributed by atoms with Gasteiger partial charge in [-0.2, -0.15) is 4.31 Å². The molecule has 0 unspecified atom stereocenters. The minimum Gasteiger partial charge on any atom is -0.373 e. The molecular weight excluding hydrogens is 328 g/mol. The molecule has 1 fully saturated rings. The van der Waals surface area contributed by atoms with Crippen molar-refractivity contribution in [1.29, 1.82) is 0 Å². The van der Waals surface area contributed by atoms with E-state index in [-0.39, 0.29) is 18.1 Å². The zero-order valence-corrected chi connectivity index (χ0v) is 14.8. The van der Waals surface area contributed by atoms with Gasteiger partial charge in [-0.1, -0.05) is 0 Å². The van der Waals surface area contributed by atoms with E-state index in [1.807, 2.05) is 18.7 Å². The van der Waals surface area contributed by atoms with E-state index < -0.39 is 10.0 Å². The molecule has 0 spiro atoms. The topological polar surface area (TPSA) is 66.9 Å². The molecule has 3 aliphatic rings. The number of amides is 1. The zero-order valence-electron chi connectivity index (χ0n) is 14.0. The van der Waals surface area contributed by atoms with Crippen LogP contribution in [0, 0.1) is 0 Å². The van der Waals surface area contributed by atoms with E-state index in [2.05, 4.69) is 0 Å². The van der Waals surface area contributed by atoms with Crippen molar-refractivity contribution in [2.45, 2.75) is 50.2 Å². The van der Waals surface area contributed by atoms with Gasteiger partial charge in [0.25, 0.3) is 0 Å². The fraction of sp³-hybridized carbons (Fsp3) is 0.588. The molecule has 6 nitrogen and oxygen atoms in total. The molecule has 1 saturated heterocycles. The molecule has 0 saturated carbocycles. The third-order valence-corrected chi connectivity index (χ3v) is 6.86. The molecular formula is C17H22N2O4S. The summed E-state index contributed by atoms with van der Waals surface area (Å²) in [6.07, 6.45) is 1.60. The normalized spacial score (nSPS) is 27.4. The van der Waals surface area contributed by atoms with Crippen molar-refractivity contribution in [2.75, 3.05) is 24.5 Å². The Kier molecular flexibility index (Phi) is 3.71. The standard InChI is InChI=1S/C17H22N2O4S/c1-11-9-18(10-12(2)23-11)24(21,22)15-7-13-3-4-16(20)19-6-5-14(8-15)17(13)19/h7-8,11-12H,3-6,9-10H2,1-2H3/t11-,12+. The average Bonchev–Trinajstić information content (AvgIpc) is 2.95. The molecule has 2 atom stereocenters. The van der Waals surface area contributed by atoms with Crippen molar-refractivity contribution < 1.29 is 17.9 Å². The molecule has 24 heavy (non-hydrogen) atoms. The first-order chi connectivity index (χ1) is 11.4. The monoisotopic (exact) mass is 350 g/mol. The highest BCUT2D eigenvalue weighted by molar-refractivity contribution is 7.89.